The van der Waals surface area contributed by atoms with Crippen molar-refractivity contribution < 1.29 is 27.5 Å². The molecule has 0 aromatic heterocycles. The molecule has 2 aromatic rings. The number of ether oxygens (including phenoxy) is 2. The van der Waals surface area contributed by atoms with Crippen LogP contribution in [0.2, 0.25) is 0 Å². The number of sulfonamides is 1. The Balaban J connectivity index is 2.26. The summed E-state index contributed by atoms with van der Waals surface area (Å²) in [6.45, 7) is 5.42. The average Bonchev–Trinajstić information content (AvgIpc) is 2.63. The number of benzene rings is 2. The Morgan fingerprint density at radius 3 is 2.25 bits per heavy atom. The first-order chi connectivity index (χ1) is 13.3. The number of amides is 1. The van der Waals surface area contributed by atoms with E-state index in [4.69, 9.17) is 9.47 Å². The number of hydrogen-bond acceptors (Lipinski definition) is 6. The van der Waals surface area contributed by atoms with Crippen molar-refractivity contribution in [3.63, 3.8) is 0 Å². The zero-order chi connectivity index (χ0) is 20.7. The van der Waals surface area contributed by atoms with Gasteiger partial charge in [0.05, 0.1) is 29.4 Å². The molecule has 0 saturated heterocycles. The van der Waals surface area contributed by atoms with Gasteiger partial charge in [0.2, 0.25) is 5.91 Å². The molecule has 0 spiro atoms. The highest BCUT2D eigenvalue weighted by Crippen LogP contribution is 2.29. The van der Waals surface area contributed by atoms with Crippen molar-refractivity contribution in [2.45, 2.75) is 25.7 Å². The van der Waals surface area contributed by atoms with E-state index in [-0.39, 0.29) is 28.8 Å². The number of hydrogen-bond donors (Lipinski definition) is 2. The highest BCUT2D eigenvalue weighted by molar-refractivity contribution is 7.92. The highest BCUT2D eigenvalue weighted by Gasteiger charge is 2.18. The third-order valence-corrected chi connectivity index (χ3v) is 4.90. The largest absolute Gasteiger partial charge is 0.492 e. The van der Waals surface area contributed by atoms with Crippen LogP contribution in [0.25, 0.3) is 0 Å². The first-order valence-corrected chi connectivity index (χ1v) is 10.1. The van der Waals surface area contributed by atoms with Crippen molar-refractivity contribution >= 4 is 33.3 Å². The molecule has 0 atom stereocenters. The van der Waals surface area contributed by atoms with Crippen LogP contribution in [0.1, 0.15) is 31.1 Å². The zero-order valence-electron chi connectivity index (χ0n) is 15.8. The molecule has 8 nitrogen and oxygen atoms in total. The Hall–Kier alpha value is -3.07. The number of carbonyl (C=O) groups is 2. The standard InChI is InChI=1S/C19H22N2O6S/c1-4-26-18-11-10-16(12-17(18)20-13(3)22)28(24,25)21-15-8-6-14(7-9-15)19(23)27-5-2/h6-12,21H,4-5H2,1-3H3,(H,20,22). The summed E-state index contributed by atoms with van der Waals surface area (Å²) in [5.74, 6) is -0.461. The van der Waals surface area contributed by atoms with E-state index in [0.29, 0.717) is 17.9 Å². The van der Waals surface area contributed by atoms with Crippen LogP contribution in [-0.4, -0.2) is 33.5 Å². The van der Waals surface area contributed by atoms with E-state index in [2.05, 4.69) is 10.0 Å². The summed E-state index contributed by atoms with van der Waals surface area (Å²) in [6.07, 6.45) is 0. The molecule has 2 aromatic carbocycles. The summed E-state index contributed by atoms with van der Waals surface area (Å²) < 4.78 is 38.1. The third kappa shape index (κ3) is 5.46. The molecule has 0 aliphatic carbocycles. The van der Waals surface area contributed by atoms with E-state index in [1.165, 1.54) is 49.4 Å². The van der Waals surface area contributed by atoms with Crippen LogP contribution in [0.15, 0.2) is 47.4 Å². The molecule has 150 valence electrons. The van der Waals surface area contributed by atoms with Gasteiger partial charge < -0.3 is 14.8 Å². The molecule has 2 N–H and O–H groups in total. The van der Waals surface area contributed by atoms with Crippen LogP contribution in [0, 0.1) is 0 Å². The van der Waals surface area contributed by atoms with Crippen molar-refractivity contribution in [3.05, 3.63) is 48.0 Å². The van der Waals surface area contributed by atoms with Gasteiger partial charge in [0.1, 0.15) is 5.75 Å². The van der Waals surface area contributed by atoms with E-state index in [1.807, 2.05) is 0 Å². The van der Waals surface area contributed by atoms with Gasteiger partial charge in [0, 0.05) is 12.6 Å². The minimum atomic E-state index is -3.92. The summed E-state index contributed by atoms with van der Waals surface area (Å²) in [5.41, 5.74) is 0.858. The molecule has 0 radical (unpaired) electrons. The van der Waals surface area contributed by atoms with Crippen LogP contribution in [0.5, 0.6) is 5.75 Å². The fourth-order valence-electron chi connectivity index (χ4n) is 2.35. The molecule has 0 fully saturated rings. The number of esters is 1. The van der Waals surface area contributed by atoms with Gasteiger partial charge in [-0.1, -0.05) is 0 Å². The minimum absolute atomic E-state index is 0.0471. The topological polar surface area (TPSA) is 111 Å². The third-order valence-electron chi connectivity index (χ3n) is 3.52. The number of carbonyl (C=O) groups excluding carboxylic acids is 2. The molecule has 0 bridgehead atoms. The summed E-state index contributed by atoms with van der Waals surface area (Å²) in [5, 5.41) is 2.56. The smallest absolute Gasteiger partial charge is 0.338 e. The van der Waals surface area contributed by atoms with Crippen LogP contribution < -0.4 is 14.8 Å². The maximum Gasteiger partial charge on any atom is 0.338 e. The van der Waals surface area contributed by atoms with Gasteiger partial charge in [0.25, 0.3) is 10.0 Å². The van der Waals surface area contributed by atoms with Gasteiger partial charge in [-0.25, -0.2) is 13.2 Å². The van der Waals surface area contributed by atoms with Gasteiger partial charge >= 0.3 is 5.97 Å². The Bertz CT molecular complexity index is 955. The van der Waals surface area contributed by atoms with Gasteiger partial charge in [-0.2, -0.15) is 0 Å². The predicted molar refractivity (Wildman–Crippen MR) is 105 cm³/mol. The second-order valence-corrected chi connectivity index (χ2v) is 7.36. The summed E-state index contributed by atoms with van der Waals surface area (Å²) in [6, 6.07) is 10.0. The minimum Gasteiger partial charge on any atom is -0.492 e. The Morgan fingerprint density at radius 2 is 1.68 bits per heavy atom. The summed E-state index contributed by atoms with van der Waals surface area (Å²) in [4.78, 5) is 23.0. The molecular formula is C19H22N2O6S. The number of rotatable bonds is 8. The van der Waals surface area contributed by atoms with Crippen molar-refractivity contribution in [3.8, 4) is 5.75 Å². The maximum absolute atomic E-state index is 12.7. The van der Waals surface area contributed by atoms with Crippen LogP contribution in [0.4, 0.5) is 11.4 Å². The van der Waals surface area contributed by atoms with Crippen LogP contribution in [-0.2, 0) is 19.6 Å². The molecule has 0 saturated carbocycles. The Kier molecular flexibility index (Phi) is 7.00. The lowest BCUT2D eigenvalue weighted by Gasteiger charge is -2.14. The molecular weight excluding hydrogens is 384 g/mol. The predicted octanol–water partition coefficient (Wildman–Crippen LogP) is 3.02. The van der Waals surface area contributed by atoms with Gasteiger partial charge in [0.15, 0.2) is 0 Å². The van der Waals surface area contributed by atoms with Crippen molar-refractivity contribution in [2.75, 3.05) is 23.3 Å². The summed E-state index contributed by atoms with van der Waals surface area (Å²) in [7, 11) is -3.92. The first-order valence-electron chi connectivity index (χ1n) is 8.61. The molecule has 0 unspecified atom stereocenters. The van der Waals surface area contributed by atoms with E-state index in [0.717, 1.165) is 0 Å². The van der Waals surface area contributed by atoms with Crippen molar-refractivity contribution in [1.29, 1.82) is 0 Å². The van der Waals surface area contributed by atoms with Crippen LogP contribution in [0.3, 0.4) is 0 Å². The fraction of sp³-hybridized carbons (Fsp3) is 0.263. The van der Waals surface area contributed by atoms with Gasteiger partial charge in [-0.15, -0.1) is 0 Å². The van der Waals surface area contributed by atoms with E-state index < -0.39 is 16.0 Å². The molecule has 2 rings (SSSR count). The highest BCUT2D eigenvalue weighted by atomic mass is 32.2. The average molecular weight is 406 g/mol. The van der Waals surface area contributed by atoms with Crippen LogP contribution >= 0.6 is 0 Å². The quantitative estimate of drug-likeness (QED) is 0.652. The van der Waals surface area contributed by atoms with Gasteiger partial charge in [-0.05, 0) is 56.3 Å². The second-order valence-electron chi connectivity index (χ2n) is 5.68. The summed E-state index contributed by atoms with van der Waals surface area (Å²) >= 11 is 0. The first kappa shape index (κ1) is 21.2. The van der Waals surface area contributed by atoms with E-state index >= 15 is 0 Å². The van der Waals surface area contributed by atoms with Crippen molar-refractivity contribution in [1.82, 2.24) is 0 Å². The van der Waals surface area contributed by atoms with E-state index in [1.54, 1.807) is 13.8 Å². The molecule has 0 aliphatic rings. The Labute approximate surface area is 163 Å². The Morgan fingerprint density at radius 1 is 1.00 bits per heavy atom. The molecule has 0 heterocycles. The zero-order valence-corrected chi connectivity index (χ0v) is 16.6. The van der Waals surface area contributed by atoms with Gasteiger partial charge in [-0.3, -0.25) is 9.52 Å². The monoisotopic (exact) mass is 406 g/mol. The number of nitrogens with one attached hydrogen (secondary N) is 2. The van der Waals surface area contributed by atoms with Crippen molar-refractivity contribution in [2.24, 2.45) is 0 Å². The lowest BCUT2D eigenvalue weighted by atomic mass is 10.2. The normalized spacial score (nSPS) is 10.8. The molecule has 1 amide bonds. The lowest BCUT2D eigenvalue weighted by Crippen LogP contribution is -2.15. The molecule has 0 aliphatic heterocycles. The fourth-order valence-corrected chi connectivity index (χ4v) is 3.43. The molecule has 9 heteroatoms. The number of anilines is 2. The SMILES string of the molecule is CCOC(=O)c1ccc(NS(=O)(=O)c2ccc(OCC)c(NC(C)=O)c2)cc1. The molecule has 28 heavy (non-hydrogen) atoms. The lowest BCUT2D eigenvalue weighted by molar-refractivity contribution is -0.114. The second kappa shape index (κ2) is 9.23. The maximum atomic E-state index is 12.7. The van der Waals surface area contributed by atoms with E-state index in [9.17, 15) is 18.0 Å².